The molecule has 0 N–H and O–H groups in total. The monoisotopic (exact) mass is 448 g/mol. The summed E-state index contributed by atoms with van der Waals surface area (Å²) < 4.78 is 35.4. The maximum Gasteiger partial charge on any atom is 0.169 e. The lowest BCUT2D eigenvalue weighted by atomic mass is 9.97. The van der Waals surface area contributed by atoms with E-state index in [0.717, 1.165) is 66.2 Å². The van der Waals surface area contributed by atoms with Crippen molar-refractivity contribution >= 4 is 10.8 Å². The molecule has 0 saturated carbocycles. The zero-order chi connectivity index (χ0) is 22.0. The summed E-state index contributed by atoms with van der Waals surface area (Å²) in [6.07, 6.45) is 2.10. The highest BCUT2D eigenvalue weighted by Gasteiger charge is 2.31. The molecule has 3 aromatic carbocycles. The van der Waals surface area contributed by atoms with E-state index in [1.807, 2.05) is 18.2 Å². The Bertz CT molecular complexity index is 1100. The van der Waals surface area contributed by atoms with Crippen LogP contribution in [0.15, 0.2) is 54.6 Å². The molecule has 0 bridgehead atoms. The Morgan fingerprint density at radius 2 is 1.06 bits per heavy atom. The van der Waals surface area contributed by atoms with Gasteiger partial charge in [-0.1, -0.05) is 54.6 Å². The van der Waals surface area contributed by atoms with E-state index < -0.39 is 0 Å². The lowest BCUT2D eigenvalue weighted by Gasteiger charge is -2.22. The first-order chi connectivity index (χ1) is 16.3. The molecule has 0 amide bonds. The highest BCUT2D eigenvalue weighted by Crippen LogP contribution is 2.47. The van der Waals surface area contributed by atoms with E-state index in [-0.39, 0.29) is 18.3 Å². The lowest BCUT2D eigenvalue weighted by Crippen LogP contribution is -2.13. The fourth-order valence-electron chi connectivity index (χ4n) is 4.03. The fourth-order valence-corrected chi connectivity index (χ4v) is 4.03. The first-order valence-corrected chi connectivity index (χ1v) is 11.7. The third-order valence-electron chi connectivity index (χ3n) is 6.13. The molecule has 0 spiro atoms. The minimum absolute atomic E-state index is 0.141. The van der Waals surface area contributed by atoms with Crippen LogP contribution in [0.5, 0.6) is 17.2 Å². The normalized spacial score (nSPS) is 22.7. The Kier molecular flexibility index (Phi) is 5.80. The van der Waals surface area contributed by atoms with Crippen molar-refractivity contribution in [2.45, 2.75) is 31.2 Å². The van der Waals surface area contributed by atoms with E-state index >= 15 is 0 Å². The molecule has 3 fully saturated rings. The predicted molar refractivity (Wildman–Crippen MR) is 124 cm³/mol. The summed E-state index contributed by atoms with van der Waals surface area (Å²) in [5.74, 6) is 2.38. The Balaban J connectivity index is 1.43. The molecule has 3 aliphatic rings. The van der Waals surface area contributed by atoms with E-state index in [0.29, 0.717) is 19.8 Å². The Morgan fingerprint density at radius 1 is 0.576 bits per heavy atom. The van der Waals surface area contributed by atoms with Crippen LogP contribution in [0.2, 0.25) is 0 Å². The first-order valence-electron chi connectivity index (χ1n) is 11.7. The molecule has 0 aromatic heterocycles. The number of rotatable bonds is 12. The molecule has 172 valence electrons. The van der Waals surface area contributed by atoms with Crippen LogP contribution in [-0.2, 0) is 27.1 Å². The molecule has 6 heteroatoms. The Labute approximate surface area is 193 Å². The molecule has 3 unspecified atom stereocenters. The van der Waals surface area contributed by atoms with Gasteiger partial charge in [0.25, 0.3) is 0 Å². The van der Waals surface area contributed by atoms with Gasteiger partial charge in [-0.05, 0) is 18.4 Å². The molecule has 3 aliphatic heterocycles. The second kappa shape index (κ2) is 9.21. The molecule has 3 atom stereocenters. The van der Waals surface area contributed by atoms with Crippen LogP contribution in [0.4, 0.5) is 0 Å². The number of aryl methyl sites for hydroxylation is 1. The van der Waals surface area contributed by atoms with Crippen LogP contribution in [0.25, 0.3) is 10.8 Å². The number of benzene rings is 3. The van der Waals surface area contributed by atoms with Gasteiger partial charge < -0.3 is 28.4 Å². The smallest absolute Gasteiger partial charge is 0.169 e. The van der Waals surface area contributed by atoms with Crippen molar-refractivity contribution in [2.24, 2.45) is 0 Å². The average Bonchev–Trinajstić information content (AvgIpc) is 3.70. The zero-order valence-electron chi connectivity index (χ0n) is 18.5. The second-order valence-corrected chi connectivity index (χ2v) is 8.80. The molecular formula is C27H28O6. The highest BCUT2D eigenvalue weighted by molar-refractivity contribution is 5.97. The van der Waals surface area contributed by atoms with Gasteiger partial charge in [0.1, 0.15) is 43.9 Å². The molecule has 0 radical (unpaired) electrons. The van der Waals surface area contributed by atoms with E-state index in [9.17, 15) is 0 Å². The quantitative estimate of drug-likeness (QED) is 0.391. The van der Waals surface area contributed by atoms with Gasteiger partial charge in [0.05, 0.1) is 19.8 Å². The van der Waals surface area contributed by atoms with Crippen LogP contribution in [-0.4, -0.2) is 58.0 Å². The summed E-state index contributed by atoms with van der Waals surface area (Å²) in [4.78, 5) is 0. The Morgan fingerprint density at radius 3 is 1.64 bits per heavy atom. The molecular weight excluding hydrogens is 420 g/mol. The van der Waals surface area contributed by atoms with Gasteiger partial charge in [0, 0.05) is 16.3 Å². The lowest BCUT2D eigenvalue weighted by molar-refractivity contribution is 0.225. The highest BCUT2D eigenvalue weighted by atomic mass is 16.6. The largest absolute Gasteiger partial charge is 0.490 e. The molecule has 0 aliphatic carbocycles. The van der Waals surface area contributed by atoms with E-state index in [2.05, 4.69) is 36.4 Å². The third-order valence-corrected chi connectivity index (χ3v) is 6.13. The van der Waals surface area contributed by atoms with Gasteiger partial charge in [-0.3, -0.25) is 0 Å². The first kappa shape index (κ1) is 20.8. The number of ether oxygens (including phenoxy) is 6. The molecule has 3 heterocycles. The van der Waals surface area contributed by atoms with Crippen molar-refractivity contribution in [3.63, 3.8) is 0 Å². The van der Waals surface area contributed by atoms with Crippen LogP contribution in [0.1, 0.15) is 11.1 Å². The van der Waals surface area contributed by atoms with Crippen LogP contribution in [0.3, 0.4) is 0 Å². The number of hydrogen-bond acceptors (Lipinski definition) is 6. The van der Waals surface area contributed by atoms with Gasteiger partial charge in [0.2, 0.25) is 0 Å². The molecule has 6 rings (SSSR count). The van der Waals surface area contributed by atoms with E-state index in [1.165, 1.54) is 5.56 Å². The van der Waals surface area contributed by atoms with E-state index in [1.54, 1.807) is 0 Å². The summed E-state index contributed by atoms with van der Waals surface area (Å²) in [5.41, 5.74) is 2.30. The van der Waals surface area contributed by atoms with Gasteiger partial charge in [-0.25, -0.2) is 0 Å². The van der Waals surface area contributed by atoms with Crippen molar-refractivity contribution in [2.75, 3.05) is 39.6 Å². The standard InChI is InChI=1S/C27H28O6/c1-2-6-18(7-3-1)10-11-24-25(31-15-19-12-28-19)22-8-4-5-9-23(22)26(32-16-20-13-29-20)27(24)33-17-21-14-30-21/h1-9,19-21H,10-17H2. The number of fused-ring (bicyclic) bond motifs is 1. The van der Waals surface area contributed by atoms with Crippen molar-refractivity contribution in [3.05, 3.63) is 65.7 Å². The average molecular weight is 449 g/mol. The maximum atomic E-state index is 6.40. The van der Waals surface area contributed by atoms with Gasteiger partial charge in [-0.15, -0.1) is 0 Å². The van der Waals surface area contributed by atoms with Crippen molar-refractivity contribution in [3.8, 4) is 17.2 Å². The van der Waals surface area contributed by atoms with Crippen LogP contribution < -0.4 is 14.2 Å². The maximum absolute atomic E-state index is 6.40. The van der Waals surface area contributed by atoms with Crippen molar-refractivity contribution in [1.29, 1.82) is 0 Å². The van der Waals surface area contributed by atoms with Crippen LogP contribution in [0, 0.1) is 0 Å². The number of epoxide rings is 3. The third kappa shape index (κ3) is 5.08. The summed E-state index contributed by atoms with van der Waals surface area (Å²) in [6, 6.07) is 18.7. The molecule has 3 aromatic rings. The summed E-state index contributed by atoms with van der Waals surface area (Å²) in [5, 5.41) is 2.02. The van der Waals surface area contributed by atoms with Crippen LogP contribution >= 0.6 is 0 Å². The minimum Gasteiger partial charge on any atom is -0.490 e. The number of hydrogen-bond donors (Lipinski definition) is 0. The summed E-state index contributed by atoms with van der Waals surface area (Å²) >= 11 is 0. The fraction of sp³-hybridized carbons (Fsp3) is 0.407. The van der Waals surface area contributed by atoms with Crippen molar-refractivity contribution < 1.29 is 28.4 Å². The SMILES string of the molecule is c1ccc(CCc2c(OCC3CO3)c(OCC3CO3)c3ccccc3c2OCC2CO2)cc1. The predicted octanol–water partition coefficient (Wildman–Crippen LogP) is 3.96. The Hall–Kier alpha value is -2.80. The molecule has 3 saturated heterocycles. The zero-order valence-corrected chi connectivity index (χ0v) is 18.5. The van der Waals surface area contributed by atoms with Crippen molar-refractivity contribution in [1.82, 2.24) is 0 Å². The van der Waals surface area contributed by atoms with Gasteiger partial charge in [0.15, 0.2) is 11.5 Å². The second-order valence-electron chi connectivity index (χ2n) is 8.80. The molecule has 6 nitrogen and oxygen atoms in total. The topological polar surface area (TPSA) is 65.3 Å². The summed E-state index contributed by atoms with van der Waals surface area (Å²) in [7, 11) is 0. The summed E-state index contributed by atoms with van der Waals surface area (Å²) in [6.45, 7) is 3.77. The molecule has 33 heavy (non-hydrogen) atoms. The minimum atomic E-state index is 0.141. The van der Waals surface area contributed by atoms with Gasteiger partial charge in [-0.2, -0.15) is 0 Å². The van der Waals surface area contributed by atoms with Gasteiger partial charge >= 0.3 is 0 Å². The van der Waals surface area contributed by atoms with E-state index in [4.69, 9.17) is 28.4 Å².